The van der Waals surface area contributed by atoms with Gasteiger partial charge in [0.2, 0.25) is 0 Å². The van der Waals surface area contributed by atoms with E-state index in [1.165, 1.54) is 12.0 Å². The number of benzene rings is 1. The molecule has 7 heteroatoms. The molecule has 3 rings (SSSR count). The number of amides is 1. The molecule has 146 valence electrons. The molecule has 0 aliphatic carbocycles. The second-order valence-corrected chi connectivity index (χ2v) is 6.81. The molecule has 28 heavy (non-hydrogen) atoms. The molecular formula is C21H23N3O4. The summed E-state index contributed by atoms with van der Waals surface area (Å²) in [5.74, 6) is -1.00. The van der Waals surface area contributed by atoms with Crippen LogP contribution >= 0.6 is 0 Å². The maximum absolute atomic E-state index is 12.8. The topological polar surface area (TPSA) is 83.0 Å². The lowest BCUT2D eigenvalue weighted by Gasteiger charge is -2.26. The third-order valence-electron chi connectivity index (χ3n) is 4.67. The Morgan fingerprint density at radius 2 is 2.04 bits per heavy atom. The standard InChI is InChI=1S/C21H23N3O4/c1-23(2)10-11-24-18(15-7-5-9-22-13-15)17(20(26)21(24)27)19(25)14-6-4-8-16(12-14)28-3/h4-9,12-13,18,25H,10-11H2,1-3H3/b19-17+/t18-/m1/s1. The number of Topliss-reactive ketones (excluding diaryl/α,β-unsaturated/α-hetero) is 1. The van der Waals surface area contributed by atoms with Crippen molar-refractivity contribution in [1.29, 1.82) is 0 Å². The fourth-order valence-electron chi connectivity index (χ4n) is 3.23. The summed E-state index contributed by atoms with van der Waals surface area (Å²) >= 11 is 0. The minimum atomic E-state index is -0.701. The molecular weight excluding hydrogens is 358 g/mol. The van der Waals surface area contributed by atoms with Crippen molar-refractivity contribution in [2.45, 2.75) is 6.04 Å². The summed E-state index contributed by atoms with van der Waals surface area (Å²) in [6, 6.07) is 9.60. The van der Waals surface area contributed by atoms with Gasteiger partial charge in [0.1, 0.15) is 11.5 Å². The summed E-state index contributed by atoms with van der Waals surface area (Å²) in [4.78, 5) is 33.1. The Labute approximate surface area is 163 Å². The summed E-state index contributed by atoms with van der Waals surface area (Å²) in [7, 11) is 5.31. The molecule has 1 fully saturated rings. The van der Waals surface area contributed by atoms with Crippen LogP contribution in [-0.2, 0) is 9.59 Å². The zero-order valence-electron chi connectivity index (χ0n) is 16.1. The van der Waals surface area contributed by atoms with Crippen molar-refractivity contribution in [2.24, 2.45) is 0 Å². The van der Waals surface area contributed by atoms with E-state index in [1.54, 1.807) is 48.8 Å². The SMILES string of the molecule is COc1cccc(/C(O)=C2\C(=O)C(=O)N(CCN(C)C)[C@@H]2c2cccnc2)c1. The fraction of sp³-hybridized carbons (Fsp3) is 0.286. The van der Waals surface area contributed by atoms with Gasteiger partial charge in [-0.15, -0.1) is 0 Å². The lowest BCUT2D eigenvalue weighted by Crippen LogP contribution is -2.35. The zero-order valence-corrected chi connectivity index (χ0v) is 16.1. The van der Waals surface area contributed by atoms with E-state index in [0.717, 1.165) is 0 Å². The van der Waals surface area contributed by atoms with Crippen LogP contribution < -0.4 is 4.74 Å². The largest absolute Gasteiger partial charge is 0.507 e. The Balaban J connectivity index is 2.13. The van der Waals surface area contributed by atoms with Gasteiger partial charge in [0.05, 0.1) is 18.7 Å². The minimum Gasteiger partial charge on any atom is -0.507 e. The van der Waals surface area contributed by atoms with E-state index < -0.39 is 17.7 Å². The first-order chi connectivity index (χ1) is 13.4. The lowest BCUT2D eigenvalue weighted by atomic mass is 9.96. The van der Waals surface area contributed by atoms with Gasteiger partial charge in [-0.05, 0) is 37.9 Å². The van der Waals surface area contributed by atoms with Gasteiger partial charge in [-0.1, -0.05) is 18.2 Å². The van der Waals surface area contributed by atoms with Crippen molar-refractivity contribution >= 4 is 17.4 Å². The number of hydrogen-bond donors (Lipinski definition) is 1. The van der Waals surface area contributed by atoms with Gasteiger partial charge >= 0.3 is 0 Å². The predicted molar refractivity (Wildman–Crippen MR) is 105 cm³/mol. The molecule has 1 aliphatic rings. The van der Waals surface area contributed by atoms with Gasteiger partial charge in [0.15, 0.2) is 0 Å². The molecule has 0 radical (unpaired) electrons. The van der Waals surface area contributed by atoms with E-state index in [9.17, 15) is 14.7 Å². The van der Waals surface area contributed by atoms with Crippen molar-refractivity contribution in [3.8, 4) is 5.75 Å². The van der Waals surface area contributed by atoms with Gasteiger partial charge in [0.25, 0.3) is 11.7 Å². The average molecular weight is 381 g/mol. The van der Waals surface area contributed by atoms with Gasteiger partial charge < -0.3 is 19.6 Å². The Morgan fingerprint density at radius 3 is 2.68 bits per heavy atom. The molecule has 1 amide bonds. The van der Waals surface area contributed by atoms with E-state index >= 15 is 0 Å². The van der Waals surface area contributed by atoms with E-state index in [1.807, 2.05) is 19.0 Å². The van der Waals surface area contributed by atoms with Crippen LogP contribution in [0.2, 0.25) is 0 Å². The van der Waals surface area contributed by atoms with Gasteiger partial charge in [0, 0.05) is 31.0 Å². The van der Waals surface area contributed by atoms with E-state index in [2.05, 4.69) is 4.98 Å². The van der Waals surface area contributed by atoms with E-state index in [0.29, 0.717) is 30.0 Å². The first kappa shape index (κ1) is 19.6. The molecule has 1 saturated heterocycles. The Morgan fingerprint density at radius 1 is 1.25 bits per heavy atom. The highest BCUT2D eigenvalue weighted by molar-refractivity contribution is 6.46. The summed E-state index contributed by atoms with van der Waals surface area (Å²) < 4.78 is 5.20. The molecule has 0 unspecified atom stereocenters. The maximum atomic E-state index is 12.8. The van der Waals surface area contributed by atoms with Gasteiger partial charge in [-0.2, -0.15) is 0 Å². The number of aliphatic hydroxyl groups is 1. The van der Waals surface area contributed by atoms with Crippen molar-refractivity contribution < 1.29 is 19.4 Å². The highest BCUT2D eigenvalue weighted by Crippen LogP contribution is 2.39. The van der Waals surface area contributed by atoms with Crippen LogP contribution in [0.5, 0.6) is 5.75 Å². The predicted octanol–water partition coefficient (Wildman–Crippen LogP) is 2.07. The number of likely N-dealkylation sites (tertiary alicyclic amines) is 1. The number of hydrogen-bond acceptors (Lipinski definition) is 6. The molecule has 7 nitrogen and oxygen atoms in total. The Kier molecular flexibility index (Phi) is 5.75. The second kappa shape index (κ2) is 8.22. The fourth-order valence-corrected chi connectivity index (χ4v) is 3.23. The van der Waals surface area contributed by atoms with Crippen LogP contribution in [0.4, 0.5) is 0 Å². The lowest BCUT2D eigenvalue weighted by molar-refractivity contribution is -0.140. The number of rotatable bonds is 6. The van der Waals surface area contributed by atoms with Crippen LogP contribution in [0.1, 0.15) is 17.2 Å². The number of likely N-dealkylation sites (N-methyl/N-ethyl adjacent to an activating group) is 1. The normalized spacial score (nSPS) is 18.7. The van der Waals surface area contributed by atoms with E-state index in [-0.39, 0.29) is 11.3 Å². The monoisotopic (exact) mass is 381 g/mol. The first-order valence-corrected chi connectivity index (χ1v) is 8.91. The number of aliphatic hydroxyl groups excluding tert-OH is 1. The second-order valence-electron chi connectivity index (χ2n) is 6.81. The maximum Gasteiger partial charge on any atom is 0.295 e. The van der Waals surface area contributed by atoms with Crippen LogP contribution in [0.15, 0.2) is 54.4 Å². The van der Waals surface area contributed by atoms with Crippen LogP contribution in [0, 0.1) is 0 Å². The number of carbonyl (C=O) groups excluding carboxylic acids is 2. The highest BCUT2D eigenvalue weighted by atomic mass is 16.5. The van der Waals surface area contributed by atoms with Crippen molar-refractivity contribution in [2.75, 3.05) is 34.3 Å². The Bertz CT molecular complexity index is 909. The summed E-state index contributed by atoms with van der Waals surface area (Å²) in [6.07, 6.45) is 3.23. The number of ketones is 1. The summed E-state index contributed by atoms with van der Waals surface area (Å²) in [5.41, 5.74) is 1.15. The van der Waals surface area contributed by atoms with Crippen LogP contribution in [-0.4, -0.2) is 65.9 Å². The van der Waals surface area contributed by atoms with E-state index in [4.69, 9.17) is 4.74 Å². The number of carbonyl (C=O) groups is 2. The average Bonchev–Trinajstić information content (AvgIpc) is 2.97. The van der Waals surface area contributed by atoms with Crippen molar-refractivity contribution in [3.05, 3.63) is 65.5 Å². The summed E-state index contributed by atoms with van der Waals surface area (Å²) in [6.45, 7) is 0.939. The third kappa shape index (κ3) is 3.75. The minimum absolute atomic E-state index is 0.0602. The molecule has 0 spiro atoms. The summed E-state index contributed by atoms with van der Waals surface area (Å²) in [5, 5.41) is 10.9. The zero-order chi connectivity index (χ0) is 20.3. The molecule has 0 bridgehead atoms. The quantitative estimate of drug-likeness (QED) is 0.469. The highest BCUT2D eigenvalue weighted by Gasteiger charge is 2.46. The van der Waals surface area contributed by atoms with Crippen molar-refractivity contribution in [3.63, 3.8) is 0 Å². The Hall–Kier alpha value is -3.19. The molecule has 1 aromatic heterocycles. The molecule has 0 saturated carbocycles. The smallest absolute Gasteiger partial charge is 0.295 e. The molecule has 1 aromatic carbocycles. The molecule has 1 N–H and O–H groups in total. The van der Waals surface area contributed by atoms with Crippen LogP contribution in [0.25, 0.3) is 5.76 Å². The number of nitrogens with zero attached hydrogens (tertiary/aromatic N) is 3. The number of aromatic nitrogens is 1. The molecule has 1 atom stereocenters. The first-order valence-electron chi connectivity index (χ1n) is 8.91. The molecule has 1 aliphatic heterocycles. The van der Waals surface area contributed by atoms with Crippen LogP contribution in [0.3, 0.4) is 0 Å². The van der Waals surface area contributed by atoms with Gasteiger partial charge in [-0.25, -0.2) is 0 Å². The van der Waals surface area contributed by atoms with Crippen molar-refractivity contribution in [1.82, 2.24) is 14.8 Å². The van der Waals surface area contributed by atoms with Gasteiger partial charge in [-0.3, -0.25) is 14.6 Å². The number of methoxy groups -OCH3 is 1. The molecule has 2 aromatic rings. The third-order valence-corrected chi connectivity index (χ3v) is 4.67. The number of pyridine rings is 1. The number of ether oxygens (including phenoxy) is 1. The molecule has 2 heterocycles.